The average Bonchev–Trinajstić information content (AvgIpc) is 2.91. The Bertz CT molecular complexity index is 1190. The zero-order valence-corrected chi connectivity index (χ0v) is 30.0. The summed E-state index contributed by atoms with van der Waals surface area (Å²) in [6.45, 7) is 27.0. The van der Waals surface area contributed by atoms with Gasteiger partial charge in [0, 0.05) is 16.7 Å². The molecule has 0 aliphatic heterocycles. The van der Waals surface area contributed by atoms with Crippen molar-refractivity contribution in [3.8, 4) is 17.2 Å². The molecule has 0 amide bonds. The van der Waals surface area contributed by atoms with Crippen LogP contribution in [0.3, 0.4) is 0 Å². The van der Waals surface area contributed by atoms with Gasteiger partial charge in [-0.15, -0.1) is 0 Å². The molecule has 0 heterocycles. The highest BCUT2D eigenvalue weighted by atomic mass is 31.2. The van der Waals surface area contributed by atoms with Gasteiger partial charge >= 0.3 is 8.60 Å². The van der Waals surface area contributed by atoms with E-state index >= 15 is 0 Å². The van der Waals surface area contributed by atoms with Crippen molar-refractivity contribution in [1.29, 1.82) is 0 Å². The van der Waals surface area contributed by atoms with Gasteiger partial charge in [-0.2, -0.15) is 0 Å². The molecule has 4 heteroatoms. The first kappa shape index (κ1) is 35.0. The molecule has 0 radical (unpaired) electrons. The predicted octanol–water partition coefficient (Wildman–Crippen LogP) is 12.6. The van der Waals surface area contributed by atoms with Gasteiger partial charge in [-0.25, -0.2) is 0 Å². The standard InChI is InChI=1S/C39H57O3P/c1-13-22-37(7,8)31-25-28(4)16-19-34(31)40-43(41-35-20-17-29(5)26-32(35)38(9,10)23-14-2)42-36-21-18-30(6)27-33(36)39(11,12)24-15-3/h16-21,25-27H,13-15,22-24H2,1-12H3. The van der Waals surface area contributed by atoms with Crippen LogP contribution in [0.2, 0.25) is 0 Å². The van der Waals surface area contributed by atoms with Gasteiger partial charge in [0.1, 0.15) is 17.2 Å². The van der Waals surface area contributed by atoms with Gasteiger partial charge in [0.15, 0.2) is 0 Å². The van der Waals surface area contributed by atoms with Crippen molar-refractivity contribution in [3.63, 3.8) is 0 Å². The average molecular weight is 605 g/mol. The molecule has 0 aliphatic carbocycles. The van der Waals surface area contributed by atoms with E-state index in [2.05, 4.69) is 138 Å². The summed E-state index contributed by atoms with van der Waals surface area (Å²) in [5.74, 6) is 2.49. The molecule has 236 valence electrons. The van der Waals surface area contributed by atoms with Crippen molar-refractivity contribution in [3.05, 3.63) is 88.0 Å². The van der Waals surface area contributed by atoms with Crippen molar-refractivity contribution >= 4 is 8.60 Å². The van der Waals surface area contributed by atoms with Crippen molar-refractivity contribution in [1.82, 2.24) is 0 Å². The van der Waals surface area contributed by atoms with Crippen molar-refractivity contribution < 1.29 is 13.6 Å². The molecule has 0 aromatic heterocycles. The van der Waals surface area contributed by atoms with Gasteiger partial charge in [-0.05, 0) is 74.5 Å². The monoisotopic (exact) mass is 604 g/mol. The van der Waals surface area contributed by atoms with E-state index in [1.54, 1.807) is 0 Å². The summed E-state index contributed by atoms with van der Waals surface area (Å²) in [4.78, 5) is 0. The summed E-state index contributed by atoms with van der Waals surface area (Å²) >= 11 is 0. The molecule has 43 heavy (non-hydrogen) atoms. The summed E-state index contributed by atoms with van der Waals surface area (Å²) in [5.41, 5.74) is 7.11. The fourth-order valence-electron chi connectivity index (χ4n) is 6.33. The second kappa shape index (κ2) is 14.5. The summed E-state index contributed by atoms with van der Waals surface area (Å²) in [6.07, 6.45) is 6.48. The third-order valence-corrected chi connectivity index (χ3v) is 9.77. The first-order valence-corrected chi connectivity index (χ1v) is 17.4. The highest BCUT2D eigenvalue weighted by Crippen LogP contribution is 2.50. The van der Waals surface area contributed by atoms with E-state index < -0.39 is 8.60 Å². The molecule has 0 N–H and O–H groups in total. The van der Waals surface area contributed by atoms with Gasteiger partial charge < -0.3 is 13.6 Å². The molecule has 3 nitrogen and oxygen atoms in total. The quantitative estimate of drug-likeness (QED) is 0.162. The van der Waals surface area contributed by atoms with Gasteiger partial charge in [-0.1, -0.05) is 135 Å². The van der Waals surface area contributed by atoms with E-state index in [0.717, 1.165) is 55.8 Å². The van der Waals surface area contributed by atoms with E-state index in [1.807, 2.05) is 0 Å². The van der Waals surface area contributed by atoms with Crippen LogP contribution in [-0.4, -0.2) is 0 Å². The second-order valence-electron chi connectivity index (χ2n) is 14.4. The zero-order valence-electron chi connectivity index (χ0n) is 29.1. The number of hydrogen-bond donors (Lipinski definition) is 0. The van der Waals surface area contributed by atoms with Gasteiger partial charge in [0.05, 0.1) is 0 Å². The number of benzene rings is 3. The predicted molar refractivity (Wildman–Crippen MR) is 186 cm³/mol. The summed E-state index contributed by atoms with van der Waals surface area (Å²) in [7, 11) is -1.84. The van der Waals surface area contributed by atoms with E-state index in [1.165, 1.54) is 33.4 Å². The largest absolute Gasteiger partial charge is 0.530 e. The fraction of sp³-hybridized carbons (Fsp3) is 0.538. The van der Waals surface area contributed by atoms with E-state index in [-0.39, 0.29) is 16.2 Å². The molecule has 0 fully saturated rings. The lowest BCUT2D eigenvalue weighted by molar-refractivity contribution is 0.362. The molecule has 0 spiro atoms. The maximum Gasteiger partial charge on any atom is 0.530 e. The first-order chi connectivity index (χ1) is 20.1. The minimum absolute atomic E-state index is 0.0482. The Morgan fingerprint density at radius 3 is 0.953 bits per heavy atom. The summed E-state index contributed by atoms with van der Waals surface area (Å²) < 4.78 is 20.6. The SMILES string of the molecule is CCCC(C)(C)c1cc(C)ccc1OP(Oc1ccc(C)cc1C(C)(C)CCC)Oc1ccc(C)cc1C(C)(C)CCC. The number of aryl methyl sites for hydroxylation is 3. The Kier molecular flexibility index (Phi) is 11.8. The minimum Gasteiger partial charge on any atom is -0.408 e. The van der Waals surface area contributed by atoms with E-state index in [4.69, 9.17) is 13.6 Å². The molecule has 0 saturated carbocycles. The van der Waals surface area contributed by atoms with Gasteiger partial charge in [0.2, 0.25) is 0 Å². The zero-order chi connectivity index (χ0) is 32.0. The Morgan fingerprint density at radius 1 is 0.465 bits per heavy atom. The Morgan fingerprint density at radius 2 is 0.721 bits per heavy atom. The molecule has 3 aromatic rings. The van der Waals surface area contributed by atoms with Crippen LogP contribution in [0.25, 0.3) is 0 Å². The smallest absolute Gasteiger partial charge is 0.408 e. The molecule has 0 atom stereocenters. The van der Waals surface area contributed by atoms with Crippen LogP contribution in [0.5, 0.6) is 17.2 Å². The van der Waals surface area contributed by atoms with Crippen LogP contribution in [0.1, 0.15) is 134 Å². The van der Waals surface area contributed by atoms with Crippen LogP contribution in [0, 0.1) is 20.8 Å². The van der Waals surface area contributed by atoms with Crippen molar-refractivity contribution in [2.45, 2.75) is 138 Å². The summed E-state index contributed by atoms with van der Waals surface area (Å²) in [5, 5.41) is 0. The molecule has 0 bridgehead atoms. The van der Waals surface area contributed by atoms with E-state index in [9.17, 15) is 0 Å². The third kappa shape index (κ3) is 9.01. The lowest BCUT2D eigenvalue weighted by Gasteiger charge is -2.31. The van der Waals surface area contributed by atoms with Gasteiger partial charge in [-0.3, -0.25) is 0 Å². The van der Waals surface area contributed by atoms with Crippen molar-refractivity contribution in [2.24, 2.45) is 0 Å². The highest BCUT2D eigenvalue weighted by molar-refractivity contribution is 7.43. The Hall–Kier alpha value is -2.51. The molecular weight excluding hydrogens is 547 g/mol. The van der Waals surface area contributed by atoms with Crippen LogP contribution in [0.4, 0.5) is 0 Å². The topological polar surface area (TPSA) is 27.7 Å². The molecule has 0 unspecified atom stereocenters. The lowest BCUT2D eigenvalue weighted by Crippen LogP contribution is -2.20. The summed E-state index contributed by atoms with van der Waals surface area (Å²) in [6, 6.07) is 19.5. The minimum atomic E-state index is -1.84. The normalized spacial score (nSPS) is 12.5. The second-order valence-corrected chi connectivity index (χ2v) is 15.4. The third-order valence-electron chi connectivity index (χ3n) is 8.74. The maximum absolute atomic E-state index is 6.88. The van der Waals surface area contributed by atoms with Crippen LogP contribution >= 0.6 is 8.60 Å². The highest BCUT2D eigenvalue weighted by Gasteiger charge is 2.33. The van der Waals surface area contributed by atoms with Crippen LogP contribution < -0.4 is 13.6 Å². The molecule has 3 rings (SSSR count). The molecule has 3 aromatic carbocycles. The molecule has 0 aliphatic rings. The molecular formula is C39H57O3P. The maximum atomic E-state index is 6.88. The number of hydrogen-bond acceptors (Lipinski definition) is 3. The lowest BCUT2D eigenvalue weighted by atomic mass is 9.79. The van der Waals surface area contributed by atoms with Crippen LogP contribution in [-0.2, 0) is 16.2 Å². The number of rotatable bonds is 15. The Balaban J connectivity index is 2.17. The first-order valence-electron chi connectivity index (χ1n) is 16.3. The van der Waals surface area contributed by atoms with Crippen molar-refractivity contribution in [2.75, 3.05) is 0 Å². The Labute approximate surface area is 264 Å². The molecule has 0 saturated heterocycles. The van der Waals surface area contributed by atoms with E-state index in [0.29, 0.717) is 0 Å². The fourth-order valence-corrected chi connectivity index (χ4v) is 7.40. The van der Waals surface area contributed by atoms with Crippen LogP contribution in [0.15, 0.2) is 54.6 Å². The van der Waals surface area contributed by atoms with Gasteiger partial charge in [0.25, 0.3) is 0 Å².